The molecule has 57 heavy (non-hydrogen) atoms. The molecule has 2 aliphatic rings. The Morgan fingerprint density at radius 3 is 2.00 bits per heavy atom. The molecule has 9 aromatic carbocycles. The van der Waals surface area contributed by atoms with Crippen LogP contribution in [0.1, 0.15) is 22.3 Å². The largest absolute Gasteiger partial charge is 0.456 e. The van der Waals surface area contributed by atoms with E-state index in [2.05, 4.69) is 182 Å². The number of ether oxygens (including phenoxy) is 1. The van der Waals surface area contributed by atoms with Gasteiger partial charge in [-0.05, 0) is 67.4 Å². The van der Waals surface area contributed by atoms with Crippen molar-refractivity contribution in [3.05, 3.63) is 204 Å². The van der Waals surface area contributed by atoms with E-state index in [0.29, 0.717) is 0 Å². The van der Waals surface area contributed by atoms with Crippen molar-refractivity contribution in [1.82, 2.24) is 9.97 Å². The number of hydrogen-bond donors (Lipinski definition) is 0. The predicted molar refractivity (Wildman–Crippen MR) is 236 cm³/mol. The molecule has 1 atom stereocenters. The Balaban J connectivity index is 1.16. The Labute approximate surface area is 332 Å². The van der Waals surface area contributed by atoms with Crippen LogP contribution >= 0.6 is 11.3 Å². The smallest absolute Gasteiger partial charge is 0.161 e. The van der Waals surface area contributed by atoms with Gasteiger partial charge in [-0.3, -0.25) is 0 Å². The molecule has 3 heterocycles. The van der Waals surface area contributed by atoms with Crippen molar-refractivity contribution in [3.63, 3.8) is 0 Å². The van der Waals surface area contributed by atoms with Gasteiger partial charge in [0.25, 0.3) is 0 Å². The molecule has 11 aromatic rings. The predicted octanol–water partition coefficient (Wildman–Crippen LogP) is 14.1. The molecular weight excluding hydrogens is 713 g/mol. The third-order valence-electron chi connectivity index (χ3n) is 12.3. The fourth-order valence-corrected chi connectivity index (χ4v) is 11.2. The monoisotopic (exact) mass is 742 g/mol. The molecule has 0 bridgehead atoms. The van der Waals surface area contributed by atoms with Crippen LogP contribution in [0.5, 0.6) is 11.5 Å². The van der Waals surface area contributed by atoms with Crippen LogP contribution in [0.4, 0.5) is 0 Å². The summed E-state index contributed by atoms with van der Waals surface area (Å²) < 4.78 is 9.22. The molecule has 1 aliphatic heterocycles. The molecule has 0 radical (unpaired) electrons. The Hall–Kier alpha value is -7.14. The third kappa shape index (κ3) is 4.10. The van der Waals surface area contributed by atoms with Crippen molar-refractivity contribution in [2.24, 2.45) is 0 Å². The van der Waals surface area contributed by atoms with Gasteiger partial charge in [0, 0.05) is 37.7 Å². The zero-order valence-electron chi connectivity index (χ0n) is 30.5. The summed E-state index contributed by atoms with van der Waals surface area (Å²) in [5, 5.41) is 8.17. The van der Waals surface area contributed by atoms with E-state index in [-0.39, 0.29) is 0 Å². The summed E-state index contributed by atoms with van der Waals surface area (Å²) in [7, 11) is 0. The Morgan fingerprint density at radius 1 is 0.439 bits per heavy atom. The molecule has 264 valence electrons. The lowest BCUT2D eigenvalue weighted by molar-refractivity contribution is 0.441. The average molecular weight is 743 g/mol. The zero-order chi connectivity index (χ0) is 37.2. The summed E-state index contributed by atoms with van der Waals surface area (Å²) in [6.07, 6.45) is 0. The van der Waals surface area contributed by atoms with Crippen molar-refractivity contribution in [1.29, 1.82) is 0 Å². The van der Waals surface area contributed by atoms with E-state index in [1.165, 1.54) is 43.1 Å². The molecule has 13 rings (SSSR count). The lowest BCUT2D eigenvalue weighted by Crippen LogP contribution is -2.32. The Bertz CT molecular complexity index is 3530. The summed E-state index contributed by atoms with van der Waals surface area (Å²) in [4.78, 5) is 11.2. The highest BCUT2D eigenvalue weighted by Gasteiger charge is 2.52. The van der Waals surface area contributed by atoms with Crippen molar-refractivity contribution < 1.29 is 4.74 Å². The van der Waals surface area contributed by atoms with Gasteiger partial charge < -0.3 is 4.74 Å². The van der Waals surface area contributed by atoms with Gasteiger partial charge in [0.1, 0.15) is 11.5 Å². The summed E-state index contributed by atoms with van der Waals surface area (Å²) in [6.45, 7) is 0. The van der Waals surface area contributed by atoms with Crippen molar-refractivity contribution >= 4 is 64.0 Å². The Kier molecular flexibility index (Phi) is 6.25. The van der Waals surface area contributed by atoms with Gasteiger partial charge in [0.05, 0.1) is 21.3 Å². The van der Waals surface area contributed by atoms with Crippen LogP contribution in [0.3, 0.4) is 0 Å². The summed E-state index contributed by atoms with van der Waals surface area (Å²) in [6, 6.07) is 65.7. The average Bonchev–Trinajstić information content (AvgIpc) is 3.80. The molecule has 0 fully saturated rings. The van der Waals surface area contributed by atoms with E-state index in [0.717, 1.165) is 77.0 Å². The summed E-state index contributed by atoms with van der Waals surface area (Å²) >= 11 is 1.78. The number of aromatic nitrogens is 2. The standard InChI is InChI=1S/C53H30N2OS/c1-4-17-34-31(14-1)28-29-44-50(34)56-45-26-11-10-24-42(45)53(44)41-23-9-7-20-37(41)47-39(22-13-25-43(47)53)49-51-48(38-21-8-12-27-46(38)57-51)54-52(55-49)40-30-32-15-2-3-16-33(32)35-18-5-6-19-36(35)40/h1-30H. The maximum atomic E-state index is 6.93. The van der Waals surface area contributed by atoms with Gasteiger partial charge in [0.2, 0.25) is 0 Å². The van der Waals surface area contributed by atoms with E-state index >= 15 is 0 Å². The zero-order valence-corrected chi connectivity index (χ0v) is 31.3. The first kappa shape index (κ1) is 31.1. The normalized spacial score (nSPS) is 15.2. The van der Waals surface area contributed by atoms with E-state index in [1.807, 2.05) is 0 Å². The van der Waals surface area contributed by atoms with Gasteiger partial charge in [-0.1, -0.05) is 164 Å². The molecule has 1 aliphatic carbocycles. The van der Waals surface area contributed by atoms with E-state index in [4.69, 9.17) is 14.7 Å². The second-order valence-corrected chi connectivity index (χ2v) is 16.2. The van der Waals surface area contributed by atoms with Crippen LogP contribution in [0.25, 0.3) is 86.4 Å². The minimum Gasteiger partial charge on any atom is -0.456 e. The van der Waals surface area contributed by atoms with Gasteiger partial charge in [-0.15, -0.1) is 11.3 Å². The molecule has 1 unspecified atom stereocenters. The second-order valence-electron chi connectivity index (χ2n) is 15.1. The van der Waals surface area contributed by atoms with E-state index in [9.17, 15) is 0 Å². The highest BCUT2D eigenvalue weighted by molar-refractivity contribution is 7.26. The Morgan fingerprint density at radius 2 is 1.11 bits per heavy atom. The first-order chi connectivity index (χ1) is 28.3. The first-order valence-corrected chi connectivity index (χ1v) is 20.2. The number of thiophene rings is 1. The molecular formula is C53H30N2OS. The van der Waals surface area contributed by atoms with Crippen LogP contribution in [0.15, 0.2) is 182 Å². The molecule has 0 saturated carbocycles. The van der Waals surface area contributed by atoms with Gasteiger partial charge in [0.15, 0.2) is 5.82 Å². The maximum Gasteiger partial charge on any atom is 0.161 e. The molecule has 0 N–H and O–H groups in total. The summed E-state index contributed by atoms with van der Waals surface area (Å²) in [5.74, 6) is 2.53. The van der Waals surface area contributed by atoms with E-state index in [1.54, 1.807) is 11.3 Å². The van der Waals surface area contributed by atoms with Crippen LogP contribution in [0, 0.1) is 0 Å². The third-order valence-corrected chi connectivity index (χ3v) is 13.5. The lowest BCUT2D eigenvalue weighted by atomic mass is 9.65. The lowest BCUT2D eigenvalue weighted by Gasteiger charge is -2.39. The maximum absolute atomic E-state index is 6.93. The minimum absolute atomic E-state index is 0.611. The topological polar surface area (TPSA) is 35.0 Å². The highest BCUT2D eigenvalue weighted by Crippen LogP contribution is 2.64. The van der Waals surface area contributed by atoms with Crippen molar-refractivity contribution in [2.75, 3.05) is 0 Å². The number of benzene rings is 9. The quantitative estimate of drug-likeness (QED) is 0.165. The number of fused-ring (bicyclic) bond motifs is 17. The number of rotatable bonds is 2. The summed E-state index contributed by atoms with van der Waals surface area (Å²) in [5.41, 5.74) is 10.7. The van der Waals surface area contributed by atoms with Gasteiger partial charge in [-0.2, -0.15) is 0 Å². The van der Waals surface area contributed by atoms with Crippen LogP contribution in [-0.4, -0.2) is 9.97 Å². The molecule has 3 nitrogen and oxygen atoms in total. The van der Waals surface area contributed by atoms with Crippen LogP contribution in [0.2, 0.25) is 0 Å². The molecule has 0 saturated heterocycles. The van der Waals surface area contributed by atoms with Crippen LogP contribution < -0.4 is 4.74 Å². The minimum atomic E-state index is -0.611. The fraction of sp³-hybridized carbons (Fsp3) is 0.0189. The molecule has 1 spiro atoms. The van der Waals surface area contributed by atoms with Crippen LogP contribution in [-0.2, 0) is 5.41 Å². The molecule has 4 heteroatoms. The number of para-hydroxylation sites is 1. The number of nitrogens with zero attached hydrogens (tertiary/aromatic N) is 2. The first-order valence-electron chi connectivity index (χ1n) is 19.4. The van der Waals surface area contributed by atoms with Crippen molar-refractivity contribution in [2.45, 2.75) is 5.41 Å². The van der Waals surface area contributed by atoms with Gasteiger partial charge in [-0.25, -0.2) is 9.97 Å². The fourth-order valence-electron chi connectivity index (χ4n) is 10.0. The second kappa shape index (κ2) is 11.5. The van der Waals surface area contributed by atoms with E-state index < -0.39 is 5.41 Å². The molecule has 2 aromatic heterocycles. The number of hydrogen-bond acceptors (Lipinski definition) is 4. The SMILES string of the molecule is c1ccc2c(c1)Oc1c(ccc3ccccc13)C21c2ccccc2-c2c(-c3nc(-c4cc5ccccc5c5ccccc45)nc4c3sc3ccccc34)cccc21. The molecule has 0 amide bonds. The van der Waals surface area contributed by atoms with Gasteiger partial charge >= 0.3 is 0 Å². The highest BCUT2D eigenvalue weighted by atomic mass is 32.1. The van der Waals surface area contributed by atoms with Crippen molar-refractivity contribution in [3.8, 4) is 45.3 Å².